The number of aromatic amines is 1. The predicted octanol–water partition coefficient (Wildman–Crippen LogP) is 4.29. The molecule has 0 spiro atoms. The van der Waals surface area contributed by atoms with Crippen LogP contribution in [0, 0.1) is 6.92 Å². The second-order valence-corrected chi connectivity index (χ2v) is 7.32. The Morgan fingerprint density at radius 1 is 1.00 bits per heavy atom. The van der Waals surface area contributed by atoms with Gasteiger partial charge in [-0.05, 0) is 60.9 Å². The number of nitrogens with one attached hydrogen (secondary N) is 1. The van der Waals surface area contributed by atoms with Gasteiger partial charge in [0.1, 0.15) is 0 Å². The number of nitrogens with zero attached hydrogens (tertiary/aromatic N) is 2. The lowest BCUT2D eigenvalue weighted by Gasteiger charge is -2.26. The molecule has 0 amide bonds. The molecule has 0 saturated carbocycles. The van der Waals surface area contributed by atoms with Crippen LogP contribution in [0.3, 0.4) is 0 Å². The Morgan fingerprint density at radius 3 is 2.44 bits per heavy atom. The van der Waals surface area contributed by atoms with Gasteiger partial charge in [-0.25, -0.2) is 9.67 Å². The molecule has 27 heavy (non-hydrogen) atoms. The van der Waals surface area contributed by atoms with Crippen LogP contribution in [0.15, 0.2) is 65.5 Å². The average molecular weight is 355 g/mol. The molecule has 5 rings (SSSR count). The van der Waals surface area contributed by atoms with Gasteiger partial charge in [-0.3, -0.25) is 9.89 Å². The number of benzene rings is 2. The van der Waals surface area contributed by atoms with Gasteiger partial charge in [0.15, 0.2) is 5.65 Å². The summed E-state index contributed by atoms with van der Waals surface area (Å²) in [5.41, 5.74) is 6.36. The summed E-state index contributed by atoms with van der Waals surface area (Å²) in [7, 11) is 0. The fourth-order valence-corrected chi connectivity index (χ4v) is 4.37. The number of hydrogen-bond donors (Lipinski definition) is 1. The summed E-state index contributed by atoms with van der Waals surface area (Å²) in [5, 5.41) is 3.96. The molecule has 4 heteroatoms. The maximum atomic E-state index is 13.2. The van der Waals surface area contributed by atoms with E-state index in [0.29, 0.717) is 11.6 Å². The van der Waals surface area contributed by atoms with E-state index in [0.717, 1.165) is 36.0 Å². The summed E-state index contributed by atoms with van der Waals surface area (Å²) >= 11 is 0. The summed E-state index contributed by atoms with van der Waals surface area (Å²) < 4.78 is 1.61. The van der Waals surface area contributed by atoms with Crippen LogP contribution in [0.2, 0.25) is 0 Å². The Bertz CT molecular complexity index is 1170. The molecular formula is C23H21N3O. The molecule has 1 atom stereocenters. The van der Waals surface area contributed by atoms with Gasteiger partial charge < -0.3 is 0 Å². The van der Waals surface area contributed by atoms with Crippen LogP contribution < -0.4 is 5.56 Å². The molecular weight excluding hydrogens is 334 g/mol. The Kier molecular flexibility index (Phi) is 3.71. The number of para-hydroxylation sites is 1. The zero-order valence-electron chi connectivity index (χ0n) is 15.3. The minimum Gasteiger partial charge on any atom is -0.274 e. The lowest BCUT2D eigenvalue weighted by Crippen LogP contribution is -2.19. The average Bonchev–Trinajstić information content (AvgIpc) is 3.05. The minimum absolute atomic E-state index is 0.00175. The molecule has 2 aromatic carbocycles. The lowest BCUT2D eigenvalue weighted by atomic mass is 9.79. The van der Waals surface area contributed by atoms with Crippen molar-refractivity contribution >= 4 is 11.0 Å². The van der Waals surface area contributed by atoms with Crippen LogP contribution in [0.1, 0.15) is 34.7 Å². The van der Waals surface area contributed by atoms with Crippen molar-refractivity contribution in [3.8, 4) is 5.69 Å². The molecule has 2 heterocycles. The molecule has 4 aromatic rings. The van der Waals surface area contributed by atoms with Crippen LogP contribution in [0.5, 0.6) is 0 Å². The summed E-state index contributed by atoms with van der Waals surface area (Å²) in [5.74, 6) is 0.493. The summed E-state index contributed by atoms with van der Waals surface area (Å²) in [4.78, 5) is 17.9. The molecule has 1 aliphatic rings. The Hall–Kier alpha value is -3.14. The highest BCUT2D eigenvalue weighted by Gasteiger charge is 2.26. The SMILES string of the molecule is Cc1nc2[nH]n(-c3ccccc3)c(=O)c2c2c1CC(c1ccccc1)CC2. The third-order valence-electron chi connectivity index (χ3n) is 5.73. The smallest absolute Gasteiger partial charge is 0.274 e. The number of rotatable bonds is 2. The summed E-state index contributed by atoms with van der Waals surface area (Å²) in [6.45, 7) is 2.06. The topological polar surface area (TPSA) is 50.7 Å². The van der Waals surface area contributed by atoms with E-state index < -0.39 is 0 Å². The van der Waals surface area contributed by atoms with Crippen LogP contribution in [-0.2, 0) is 12.8 Å². The zero-order valence-corrected chi connectivity index (χ0v) is 15.3. The number of aryl methyl sites for hydroxylation is 2. The van der Waals surface area contributed by atoms with E-state index in [-0.39, 0.29) is 5.56 Å². The number of H-pyrrole nitrogens is 1. The predicted molar refractivity (Wildman–Crippen MR) is 108 cm³/mol. The molecule has 0 aliphatic heterocycles. The molecule has 0 fully saturated rings. The standard InChI is InChI=1S/C23H21N3O/c1-15-20-14-17(16-8-4-2-5-9-16)12-13-19(20)21-22(24-15)25-26(23(21)27)18-10-6-3-7-11-18/h2-11,17H,12-14H2,1H3,(H,24,25). The fourth-order valence-electron chi connectivity index (χ4n) is 4.37. The number of fused-ring (bicyclic) bond motifs is 3. The first-order valence-electron chi connectivity index (χ1n) is 9.46. The van der Waals surface area contributed by atoms with Gasteiger partial charge in [-0.2, -0.15) is 0 Å². The highest BCUT2D eigenvalue weighted by atomic mass is 16.1. The maximum Gasteiger partial charge on any atom is 0.281 e. The van der Waals surface area contributed by atoms with Crippen LogP contribution in [-0.4, -0.2) is 14.8 Å². The van der Waals surface area contributed by atoms with E-state index in [1.807, 2.05) is 30.3 Å². The van der Waals surface area contributed by atoms with Crippen LogP contribution >= 0.6 is 0 Å². The van der Waals surface area contributed by atoms with Crippen molar-refractivity contribution < 1.29 is 0 Å². The molecule has 1 N–H and O–H groups in total. The minimum atomic E-state index is -0.00175. The highest BCUT2D eigenvalue weighted by molar-refractivity contribution is 5.81. The summed E-state index contributed by atoms with van der Waals surface area (Å²) in [6.07, 6.45) is 2.92. The van der Waals surface area contributed by atoms with Gasteiger partial charge in [-0.1, -0.05) is 48.5 Å². The monoisotopic (exact) mass is 355 g/mol. The number of aromatic nitrogens is 3. The highest BCUT2D eigenvalue weighted by Crippen LogP contribution is 2.36. The van der Waals surface area contributed by atoms with Crippen molar-refractivity contribution in [2.75, 3.05) is 0 Å². The van der Waals surface area contributed by atoms with Gasteiger partial charge in [0.05, 0.1) is 11.1 Å². The van der Waals surface area contributed by atoms with Crippen molar-refractivity contribution in [2.45, 2.75) is 32.1 Å². The number of pyridine rings is 1. The molecule has 2 aromatic heterocycles. The van der Waals surface area contributed by atoms with Crippen LogP contribution in [0.4, 0.5) is 0 Å². The maximum absolute atomic E-state index is 13.2. The van der Waals surface area contributed by atoms with Crippen molar-refractivity contribution in [3.63, 3.8) is 0 Å². The largest absolute Gasteiger partial charge is 0.281 e. The van der Waals surface area contributed by atoms with Crippen LogP contribution in [0.25, 0.3) is 16.7 Å². The second-order valence-electron chi connectivity index (χ2n) is 7.32. The van der Waals surface area contributed by atoms with E-state index >= 15 is 0 Å². The molecule has 0 bridgehead atoms. The second kappa shape index (κ2) is 6.23. The van der Waals surface area contributed by atoms with Gasteiger partial charge >= 0.3 is 0 Å². The lowest BCUT2D eigenvalue weighted by molar-refractivity contribution is 0.583. The fraction of sp³-hybridized carbons (Fsp3) is 0.217. The van der Waals surface area contributed by atoms with E-state index in [4.69, 9.17) is 4.98 Å². The molecule has 4 nitrogen and oxygen atoms in total. The van der Waals surface area contributed by atoms with Crippen molar-refractivity contribution in [3.05, 3.63) is 93.4 Å². The van der Waals surface area contributed by atoms with Crippen molar-refractivity contribution in [1.82, 2.24) is 14.8 Å². The molecule has 0 saturated heterocycles. The molecule has 0 radical (unpaired) electrons. The molecule has 1 unspecified atom stereocenters. The normalized spacial score (nSPS) is 16.4. The third-order valence-corrected chi connectivity index (χ3v) is 5.73. The van der Waals surface area contributed by atoms with E-state index in [2.05, 4.69) is 42.4 Å². The Labute approximate surface area is 157 Å². The molecule has 134 valence electrons. The van der Waals surface area contributed by atoms with Gasteiger partial charge in [0.2, 0.25) is 0 Å². The third kappa shape index (κ3) is 2.60. The summed E-state index contributed by atoms with van der Waals surface area (Å²) in [6, 6.07) is 20.4. The first-order chi connectivity index (χ1) is 13.2. The van der Waals surface area contributed by atoms with E-state index in [9.17, 15) is 4.79 Å². The van der Waals surface area contributed by atoms with Gasteiger partial charge in [-0.15, -0.1) is 0 Å². The zero-order chi connectivity index (χ0) is 18.4. The first-order valence-corrected chi connectivity index (χ1v) is 9.46. The van der Waals surface area contributed by atoms with Crippen molar-refractivity contribution in [2.24, 2.45) is 0 Å². The van der Waals surface area contributed by atoms with Gasteiger partial charge in [0, 0.05) is 5.69 Å². The first kappa shape index (κ1) is 16.1. The molecule has 1 aliphatic carbocycles. The van der Waals surface area contributed by atoms with Crippen molar-refractivity contribution in [1.29, 1.82) is 0 Å². The van der Waals surface area contributed by atoms with Gasteiger partial charge in [0.25, 0.3) is 5.56 Å². The van der Waals surface area contributed by atoms with E-state index in [1.54, 1.807) is 4.68 Å². The number of hydrogen-bond acceptors (Lipinski definition) is 2. The quantitative estimate of drug-likeness (QED) is 0.583. The van der Waals surface area contributed by atoms with E-state index in [1.165, 1.54) is 16.7 Å². The Morgan fingerprint density at radius 2 is 1.70 bits per heavy atom. The Balaban J connectivity index is 1.65.